The van der Waals surface area contributed by atoms with Gasteiger partial charge < -0.3 is 9.47 Å². The summed E-state index contributed by atoms with van der Waals surface area (Å²) in [6.07, 6.45) is 0. The second-order valence-corrected chi connectivity index (χ2v) is 6.03. The Hall–Kier alpha value is -2.80. The van der Waals surface area contributed by atoms with E-state index in [4.69, 9.17) is 9.47 Å². The lowest BCUT2D eigenvalue weighted by atomic mass is 10.1. The molecule has 0 fully saturated rings. The number of hydrogen-bond donors (Lipinski definition) is 0. The van der Waals surface area contributed by atoms with Gasteiger partial charge in [0.15, 0.2) is 11.6 Å². The third-order valence-electron chi connectivity index (χ3n) is 4.13. The van der Waals surface area contributed by atoms with Crippen LogP contribution in [-0.4, -0.2) is 36.5 Å². The molecule has 2 amide bonds. The summed E-state index contributed by atoms with van der Waals surface area (Å²) in [6, 6.07) is 7.66. The summed E-state index contributed by atoms with van der Waals surface area (Å²) in [5.41, 5.74) is 1.00. The number of hydrogen-bond acceptors (Lipinski definition) is 4. The van der Waals surface area contributed by atoms with E-state index in [1.165, 1.54) is 25.3 Å². The fourth-order valence-electron chi connectivity index (χ4n) is 2.84. The molecule has 0 bridgehead atoms. The SMILES string of the molecule is COC[C@H](C)N1C(=O)c2ccc(OCc3ccc(F)c(F)c3)cc2C1=O. The van der Waals surface area contributed by atoms with Gasteiger partial charge in [-0.1, -0.05) is 6.07 Å². The molecule has 2 aromatic rings. The van der Waals surface area contributed by atoms with E-state index in [-0.39, 0.29) is 30.7 Å². The lowest BCUT2D eigenvalue weighted by Crippen LogP contribution is -2.40. The van der Waals surface area contributed by atoms with E-state index < -0.39 is 17.5 Å². The number of halogens is 2. The minimum absolute atomic E-state index is 0.00190. The van der Waals surface area contributed by atoms with Crippen LogP contribution in [0, 0.1) is 11.6 Å². The summed E-state index contributed by atoms with van der Waals surface area (Å²) in [5, 5.41) is 0. The number of fused-ring (bicyclic) bond motifs is 1. The Balaban J connectivity index is 1.77. The van der Waals surface area contributed by atoms with Crippen LogP contribution in [0.15, 0.2) is 36.4 Å². The van der Waals surface area contributed by atoms with Gasteiger partial charge in [0.05, 0.1) is 23.8 Å². The average molecular weight is 361 g/mol. The van der Waals surface area contributed by atoms with Crippen LogP contribution in [0.2, 0.25) is 0 Å². The number of rotatable bonds is 6. The number of methoxy groups -OCH3 is 1. The fraction of sp³-hybridized carbons (Fsp3) is 0.263. The van der Waals surface area contributed by atoms with E-state index in [1.54, 1.807) is 13.0 Å². The van der Waals surface area contributed by atoms with Crippen LogP contribution in [-0.2, 0) is 11.3 Å². The van der Waals surface area contributed by atoms with Gasteiger partial charge in [0, 0.05) is 7.11 Å². The first-order valence-corrected chi connectivity index (χ1v) is 8.00. The van der Waals surface area contributed by atoms with E-state index >= 15 is 0 Å². The van der Waals surface area contributed by atoms with Crippen molar-refractivity contribution >= 4 is 11.8 Å². The maximum Gasteiger partial charge on any atom is 0.262 e. The molecule has 2 aromatic carbocycles. The maximum atomic E-state index is 13.2. The fourth-order valence-corrected chi connectivity index (χ4v) is 2.84. The number of carbonyl (C=O) groups excluding carboxylic acids is 2. The van der Waals surface area contributed by atoms with Crippen molar-refractivity contribution in [2.24, 2.45) is 0 Å². The molecule has 0 radical (unpaired) electrons. The number of ether oxygens (including phenoxy) is 2. The molecule has 26 heavy (non-hydrogen) atoms. The second kappa shape index (κ2) is 7.21. The Bertz CT molecular complexity index is 869. The highest BCUT2D eigenvalue weighted by Gasteiger charge is 2.38. The van der Waals surface area contributed by atoms with Gasteiger partial charge in [-0.2, -0.15) is 0 Å². The average Bonchev–Trinajstić information content (AvgIpc) is 2.87. The molecule has 0 aliphatic carbocycles. The first-order chi connectivity index (χ1) is 12.4. The first-order valence-electron chi connectivity index (χ1n) is 8.00. The molecule has 0 saturated heterocycles. The molecule has 136 valence electrons. The van der Waals surface area contributed by atoms with E-state index in [2.05, 4.69) is 0 Å². The maximum absolute atomic E-state index is 13.2. The lowest BCUT2D eigenvalue weighted by molar-refractivity contribution is 0.0497. The number of amides is 2. The van der Waals surface area contributed by atoms with Crippen molar-refractivity contribution in [2.75, 3.05) is 13.7 Å². The van der Waals surface area contributed by atoms with E-state index in [0.717, 1.165) is 17.0 Å². The topological polar surface area (TPSA) is 55.8 Å². The predicted molar refractivity (Wildman–Crippen MR) is 89.0 cm³/mol. The molecule has 7 heteroatoms. The summed E-state index contributed by atoms with van der Waals surface area (Å²) in [6.45, 7) is 1.97. The smallest absolute Gasteiger partial charge is 0.262 e. The van der Waals surface area contributed by atoms with Gasteiger partial charge in [0.25, 0.3) is 11.8 Å². The number of carbonyl (C=O) groups is 2. The molecule has 0 spiro atoms. The third-order valence-corrected chi connectivity index (χ3v) is 4.13. The summed E-state index contributed by atoms with van der Waals surface area (Å²) in [4.78, 5) is 26.1. The molecule has 3 rings (SSSR count). The van der Waals surface area contributed by atoms with Gasteiger partial charge in [0.1, 0.15) is 12.4 Å². The van der Waals surface area contributed by atoms with E-state index in [9.17, 15) is 18.4 Å². The van der Waals surface area contributed by atoms with Crippen LogP contribution in [0.25, 0.3) is 0 Å². The van der Waals surface area contributed by atoms with Crippen LogP contribution in [0.3, 0.4) is 0 Å². The Morgan fingerprint density at radius 1 is 1.00 bits per heavy atom. The highest BCUT2D eigenvalue weighted by atomic mass is 19.2. The molecule has 1 heterocycles. The van der Waals surface area contributed by atoms with Crippen LogP contribution >= 0.6 is 0 Å². The monoisotopic (exact) mass is 361 g/mol. The van der Waals surface area contributed by atoms with Crippen LogP contribution in [0.5, 0.6) is 5.75 Å². The summed E-state index contributed by atoms with van der Waals surface area (Å²) >= 11 is 0. The molecule has 0 saturated carbocycles. The molecule has 5 nitrogen and oxygen atoms in total. The van der Waals surface area contributed by atoms with Crippen molar-refractivity contribution in [1.82, 2.24) is 4.90 Å². The standard InChI is InChI=1S/C19H17F2NO4/c1-11(9-25-2)22-18(23)14-5-4-13(8-15(14)19(22)24)26-10-12-3-6-16(20)17(21)7-12/h3-8,11H,9-10H2,1-2H3/t11-/m0/s1. The molecule has 0 N–H and O–H groups in total. The molecule has 1 aliphatic rings. The third kappa shape index (κ3) is 3.30. The largest absolute Gasteiger partial charge is 0.489 e. The van der Waals surface area contributed by atoms with E-state index in [0.29, 0.717) is 16.9 Å². The zero-order valence-electron chi connectivity index (χ0n) is 14.3. The summed E-state index contributed by atoms with van der Waals surface area (Å²) in [5.74, 6) is -2.31. The highest BCUT2D eigenvalue weighted by molar-refractivity contribution is 6.21. The van der Waals surface area contributed by atoms with Crippen molar-refractivity contribution in [3.8, 4) is 5.75 Å². The van der Waals surface area contributed by atoms with Crippen molar-refractivity contribution in [3.63, 3.8) is 0 Å². The Labute approximate surface area is 149 Å². The Morgan fingerprint density at radius 3 is 2.42 bits per heavy atom. The molecular formula is C19H17F2NO4. The van der Waals surface area contributed by atoms with Crippen molar-refractivity contribution < 1.29 is 27.8 Å². The zero-order chi connectivity index (χ0) is 18.8. The van der Waals surface area contributed by atoms with Gasteiger partial charge in [-0.3, -0.25) is 14.5 Å². The Kier molecular flexibility index (Phi) is 4.99. The van der Waals surface area contributed by atoms with Crippen molar-refractivity contribution in [1.29, 1.82) is 0 Å². The van der Waals surface area contributed by atoms with Crippen LogP contribution in [0.1, 0.15) is 33.2 Å². The first kappa shape index (κ1) is 18.0. The van der Waals surface area contributed by atoms with Gasteiger partial charge in [-0.05, 0) is 42.8 Å². The van der Waals surface area contributed by atoms with Gasteiger partial charge >= 0.3 is 0 Å². The molecule has 0 aromatic heterocycles. The highest BCUT2D eigenvalue weighted by Crippen LogP contribution is 2.28. The minimum Gasteiger partial charge on any atom is -0.489 e. The minimum atomic E-state index is -0.955. The van der Waals surface area contributed by atoms with Gasteiger partial charge in [-0.25, -0.2) is 8.78 Å². The van der Waals surface area contributed by atoms with Crippen LogP contribution in [0.4, 0.5) is 8.78 Å². The number of benzene rings is 2. The number of imide groups is 1. The lowest BCUT2D eigenvalue weighted by Gasteiger charge is -2.21. The van der Waals surface area contributed by atoms with Crippen LogP contribution < -0.4 is 4.74 Å². The molecule has 0 unspecified atom stereocenters. The van der Waals surface area contributed by atoms with Crippen molar-refractivity contribution in [3.05, 3.63) is 64.7 Å². The predicted octanol–water partition coefficient (Wildman–Crippen LogP) is 3.17. The normalized spacial score (nSPS) is 14.5. The summed E-state index contributed by atoms with van der Waals surface area (Å²) < 4.78 is 36.7. The van der Waals surface area contributed by atoms with Gasteiger partial charge in [0.2, 0.25) is 0 Å². The van der Waals surface area contributed by atoms with Crippen molar-refractivity contribution in [2.45, 2.75) is 19.6 Å². The van der Waals surface area contributed by atoms with Gasteiger partial charge in [-0.15, -0.1) is 0 Å². The summed E-state index contributed by atoms with van der Waals surface area (Å²) in [7, 11) is 1.50. The number of nitrogens with zero attached hydrogens (tertiary/aromatic N) is 1. The molecular weight excluding hydrogens is 344 g/mol. The van der Waals surface area contributed by atoms with E-state index in [1.807, 2.05) is 0 Å². The zero-order valence-corrected chi connectivity index (χ0v) is 14.3. The Morgan fingerprint density at radius 2 is 1.73 bits per heavy atom. The molecule has 1 aliphatic heterocycles. The molecule has 1 atom stereocenters. The quantitative estimate of drug-likeness (QED) is 0.742. The second-order valence-electron chi connectivity index (χ2n) is 6.03.